The molecule has 4 heteroatoms. The van der Waals surface area contributed by atoms with E-state index in [-0.39, 0.29) is 11.6 Å². The molecule has 0 radical (unpaired) electrons. The number of benzene rings is 1. The predicted molar refractivity (Wildman–Crippen MR) is 82.9 cm³/mol. The van der Waals surface area contributed by atoms with Gasteiger partial charge in [0.25, 0.3) is 0 Å². The van der Waals surface area contributed by atoms with E-state index in [1.54, 1.807) is 7.11 Å². The van der Waals surface area contributed by atoms with Gasteiger partial charge in [0, 0.05) is 6.61 Å². The standard InChI is InChI=1S/C16H28N2O2/c1-6-16(4,20-7-2)15(18-17)11-13-10-12(3)8-9-14(13)19-5/h8-10,15,18H,6-7,11,17H2,1-5H3. The van der Waals surface area contributed by atoms with E-state index >= 15 is 0 Å². The molecule has 0 amide bonds. The summed E-state index contributed by atoms with van der Waals surface area (Å²) in [4.78, 5) is 0. The molecule has 1 aromatic carbocycles. The number of methoxy groups -OCH3 is 1. The van der Waals surface area contributed by atoms with Crippen LogP contribution in [0.5, 0.6) is 5.75 Å². The second-order valence-corrected chi connectivity index (χ2v) is 5.34. The summed E-state index contributed by atoms with van der Waals surface area (Å²) in [6.45, 7) is 8.98. The van der Waals surface area contributed by atoms with E-state index in [1.807, 2.05) is 13.0 Å². The van der Waals surface area contributed by atoms with Crippen LogP contribution in [0.4, 0.5) is 0 Å². The third-order valence-electron chi connectivity index (χ3n) is 3.97. The third-order valence-corrected chi connectivity index (χ3v) is 3.97. The molecule has 114 valence electrons. The van der Waals surface area contributed by atoms with Crippen molar-refractivity contribution in [3.8, 4) is 5.75 Å². The first-order valence-corrected chi connectivity index (χ1v) is 7.24. The fraction of sp³-hybridized carbons (Fsp3) is 0.625. The van der Waals surface area contributed by atoms with Crippen molar-refractivity contribution in [1.29, 1.82) is 0 Å². The number of rotatable bonds is 8. The van der Waals surface area contributed by atoms with Gasteiger partial charge in [0.2, 0.25) is 0 Å². The highest BCUT2D eigenvalue weighted by Gasteiger charge is 2.33. The van der Waals surface area contributed by atoms with E-state index in [1.165, 1.54) is 5.56 Å². The summed E-state index contributed by atoms with van der Waals surface area (Å²) in [5, 5.41) is 0. The quantitative estimate of drug-likeness (QED) is 0.567. The van der Waals surface area contributed by atoms with Crippen molar-refractivity contribution in [2.75, 3.05) is 13.7 Å². The number of aryl methyl sites for hydroxylation is 1. The van der Waals surface area contributed by atoms with Gasteiger partial charge in [0.1, 0.15) is 5.75 Å². The fourth-order valence-corrected chi connectivity index (χ4v) is 2.52. The zero-order valence-electron chi connectivity index (χ0n) is 13.3. The van der Waals surface area contributed by atoms with Crippen molar-refractivity contribution in [1.82, 2.24) is 5.43 Å². The van der Waals surface area contributed by atoms with Gasteiger partial charge in [-0.1, -0.05) is 24.6 Å². The van der Waals surface area contributed by atoms with E-state index in [0.29, 0.717) is 6.61 Å². The molecule has 20 heavy (non-hydrogen) atoms. The largest absolute Gasteiger partial charge is 0.496 e. The van der Waals surface area contributed by atoms with Crippen LogP contribution in [-0.2, 0) is 11.2 Å². The van der Waals surface area contributed by atoms with Gasteiger partial charge in [0.15, 0.2) is 0 Å². The van der Waals surface area contributed by atoms with Gasteiger partial charge in [-0.25, -0.2) is 0 Å². The molecule has 0 aliphatic rings. The molecule has 0 bridgehead atoms. The van der Waals surface area contributed by atoms with Crippen LogP contribution in [0.1, 0.15) is 38.3 Å². The van der Waals surface area contributed by atoms with Crippen molar-refractivity contribution < 1.29 is 9.47 Å². The fourth-order valence-electron chi connectivity index (χ4n) is 2.52. The Balaban J connectivity index is 3.01. The van der Waals surface area contributed by atoms with Crippen LogP contribution in [0, 0.1) is 6.92 Å². The van der Waals surface area contributed by atoms with Gasteiger partial charge in [-0.2, -0.15) is 0 Å². The van der Waals surface area contributed by atoms with Gasteiger partial charge < -0.3 is 9.47 Å². The third kappa shape index (κ3) is 3.95. The maximum Gasteiger partial charge on any atom is 0.122 e. The maximum absolute atomic E-state index is 5.92. The van der Waals surface area contributed by atoms with E-state index in [9.17, 15) is 0 Å². The van der Waals surface area contributed by atoms with Gasteiger partial charge in [-0.3, -0.25) is 11.3 Å². The topological polar surface area (TPSA) is 56.5 Å². The molecule has 3 N–H and O–H groups in total. The monoisotopic (exact) mass is 280 g/mol. The molecule has 0 aromatic heterocycles. The molecule has 2 unspecified atom stereocenters. The molecule has 1 aromatic rings. The summed E-state index contributed by atoms with van der Waals surface area (Å²) in [5.74, 6) is 6.67. The Labute approximate surface area is 122 Å². The van der Waals surface area contributed by atoms with E-state index in [4.69, 9.17) is 15.3 Å². The summed E-state index contributed by atoms with van der Waals surface area (Å²) in [6.07, 6.45) is 1.66. The average Bonchev–Trinajstić information content (AvgIpc) is 2.45. The summed E-state index contributed by atoms with van der Waals surface area (Å²) in [6, 6.07) is 6.23. The lowest BCUT2D eigenvalue weighted by molar-refractivity contribution is -0.0551. The van der Waals surface area contributed by atoms with Crippen LogP contribution >= 0.6 is 0 Å². The molecule has 2 atom stereocenters. The van der Waals surface area contributed by atoms with Crippen LogP contribution in [0.15, 0.2) is 18.2 Å². The Morgan fingerprint density at radius 3 is 2.55 bits per heavy atom. The molecule has 0 aliphatic heterocycles. The summed E-state index contributed by atoms with van der Waals surface area (Å²) in [5.41, 5.74) is 4.99. The van der Waals surface area contributed by atoms with Crippen LogP contribution in [0.3, 0.4) is 0 Å². The number of nitrogens with two attached hydrogens (primary N) is 1. The van der Waals surface area contributed by atoms with Crippen molar-refractivity contribution in [3.05, 3.63) is 29.3 Å². The van der Waals surface area contributed by atoms with Crippen LogP contribution in [0.2, 0.25) is 0 Å². The second-order valence-electron chi connectivity index (χ2n) is 5.34. The van der Waals surface area contributed by atoms with Gasteiger partial charge in [0.05, 0.1) is 18.8 Å². The molecule has 1 rings (SSSR count). The van der Waals surface area contributed by atoms with Crippen LogP contribution in [-0.4, -0.2) is 25.4 Å². The van der Waals surface area contributed by atoms with Crippen molar-refractivity contribution in [2.45, 2.75) is 52.2 Å². The molecular weight excluding hydrogens is 252 g/mol. The first-order chi connectivity index (χ1) is 9.50. The lowest BCUT2D eigenvalue weighted by Crippen LogP contribution is -2.54. The Morgan fingerprint density at radius 1 is 1.35 bits per heavy atom. The SMILES string of the molecule is CCOC(C)(CC)C(Cc1cc(C)ccc1OC)NN. The lowest BCUT2D eigenvalue weighted by Gasteiger charge is -2.36. The number of hydrazine groups is 1. The average molecular weight is 280 g/mol. The highest BCUT2D eigenvalue weighted by Crippen LogP contribution is 2.27. The van der Waals surface area contributed by atoms with Crippen molar-refractivity contribution >= 4 is 0 Å². The Hall–Kier alpha value is -1.10. The Morgan fingerprint density at radius 2 is 2.05 bits per heavy atom. The zero-order chi connectivity index (χ0) is 15.2. The minimum absolute atomic E-state index is 0.0307. The maximum atomic E-state index is 5.92. The summed E-state index contributed by atoms with van der Waals surface area (Å²) < 4.78 is 11.4. The van der Waals surface area contributed by atoms with E-state index in [0.717, 1.165) is 24.2 Å². The lowest BCUT2D eigenvalue weighted by atomic mass is 9.88. The van der Waals surface area contributed by atoms with E-state index in [2.05, 4.69) is 38.3 Å². The van der Waals surface area contributed by atoms with Gasteiger partial charge in [-0.05, 0) is 45.2 Å². The Bertz CT molecular complexity index is 423. The minimum atomic E-state index is -0.293. The van der Waals surface area contributed by atoms with Crippen molar-refractivity contribution in [3.63, 3.8) is 0 Å². The highest BCUT2D eigenvalue weighted by molar-refractivity contribution is 5.37. The number of hydrogen-bond donors (Lipinski definition) is 2. The molecular formula is C16H28N2O2. The van der Waals surface area contributed by atoms with Crippen molar-refractivity contribution in [2.24, 2.45) is 5.84 Å². The Kier molecular flexibility index (Phi) is 6.46. The summed E-state index contributed by atoms with van der Waals surface area (Å²) in [7, 11) is 1.70. The number of ether oxygens (including phenoxy) is 2. The summed E-state index contributed by atoms with van der Waals surface area (Å²) >= 11 is 0. The normalized spacial score (nSPS) is 15.7. The van der Waals surface area contributed by atoms with E-state index < -0.39 is 0 Å². The highest BCUT2D eigenvalue weighted by atomic mass is 16.5. The van der Waals surface area contributed by atoms with Crippen LogP contribution in [0.25, 0.3) is 0 Å². The van der Waals surface area contributed by atoms with Crippen LogP contribution < -0.4 is 16.0 Å². The molecule has 0 heterocycles. The first kappa shape index (κ1) is 17.0. The molecule has 0 saturated heterocycles. The molecule has 0 saturated carbocycles. The molecule has 0 aliphatic carbocycles. The smallest absolute Gasteiger partial charge is 0.122 e. The zero-order valence-corrected chi connectivity index (χ0v) is 13.3. The molecule has 0 fully saturated rings. The minimum Gasteiger partial charge on any atom is -0.496 e. The predicted octanol–water partition coefficient (Wildman–Crippen LogP) is 2.58. The number of hydrogen-bond acceptors (Lipinski definition) is 4. The second kappa shape index (κ2) is 7.62. The number of nitrogens with one attached hydrogen (secondary N) is 1. The van der Waals surface area contributed by atoms with Gasteiger partial charge >= 0.3 is 0 Å². The molecule has 0 spiro atoms. The molecule has 4 nitrogen and oxygen atoms in total. The first-order valence-electron chi connectivity index (χ1n) is 7.24. The van der Waals surface area contributed by atoms with Gasteiger partial charge in [-0.15, -0.1) is 0 Å².